The van der Waals surface area contributed by atoms with Gasteiger partial charge in [0.2, 0.25) is 5.91 Å². The van der Waals surface area contributed by atoms with Crippen LogP contribution in [0.15, 0.2) is 41.1 Å². The molecule has 1 fully saturated rings. The van der Waals surface area contributed by atoms with Gasteiger partial charge in [-0.2, -0.15) is 0 Å². The minimum Gasteiger partial charge on any atom is -0.449 e. The first-order valence-corrected chi connectivity index (χ1v) is 12.1. The van der Waals surface area contributed by atoms with E-state index in [9.17, 15) is 14.4 Å². The summed E-state index contributed by atoms with van der Waals surface area (Å²) in [7, 11) is 1.82. The summed E-state index contributed by atoms with van der Waals surface area (Å²) >= 11 is 5.58. The maximum Gasteiger partial charge on any atom is 0.410 e. The van der Waals surface area contributed by atoms with E-state index in [4.69, 9.17) is 20.8 Å². The number of pyridine rings is 2. The quantitative estimate of drug-likeness (QED) is 0.381. The van der Waals surface area contributed by atoms with Gasteiger partial charge in [-0.25, -0.2) is 9.78 Å². The molecule has 4 rings (SSSR count). The maximum absolute atomic E-state index is 12.7. The number of nitrogens with one attached hydrogen (secondary N) is 2. The molecule has 11 heteroatoms. The second kappa shape index (κ2) is 12.9. The molecule has 36 heavy (non-hydrogen) atoms. The number of rotatable bonds is 9. The normalized spacial score (nSPS) is 14.4. The summed E-state index contributed by atoms with van der Waals surface area (Å²) in [6.07, 6.45) is 5.40. The summed E-state index contributed by atoms with van der Waals surface area (Å²) in [5, 5.41) is 6.35. The summed E-state index contributed by atoms with van der Waals surface area (Å²) in [5.74, 6) is 0.448. The number of fused-ring (bicyclic) bond motifs is 1. The molecule has 0 bridgehead atoms. The molecule has 192 valence electrons. The van der Waals surface area contributed by atoms with Crippen molar-refractivity contribution in [3.05, 3.63) is 47.4 Å². The maximum atomic E-state index is 12.7. The number of halogens is 1. The third-order valence-corrected chi connectivity index (χ3v) is 6.16. The van der Waals surface area contributed by atoms with E-state index in [2.05, 4.69) is 20.6 Å². The van der Waals surface area contributed by atoms with Gasteiger partial charge in [0.1, 0.15) is 23.6 Å². The van der Waals surface area contributed by atoms with Crippen LogP contribution in [0.2, 0.25) is 5.02 Å². The second-order valence-corrected chi connectivity index (χ2v) is 8.69. The van der Waals surface area contributed by atoms with Crippen LogP contribution in [0, 0.1) is 5.92 Å². The average Bonchev–Trinajstić information content (AvgIpc) is 3.48. The van der Waals surface area contributed by atoms with Crippen molar-refractivity contribution in [3.63, 3.8) is 0 Å². The molecule has 1 aliphatic heterocycles. The molecule has 2 atom stereocenters. The van der Waals surface area contributed by atoms with Crippen LogP contribution >= 0.6 is 11.6 Å². The number of aldehydes is 1. The van der Waals surface area contributed by atoms with Crippen LogP contribution in [0.25, 0.3) is 11.1 Å². The molecule has 0 radical (unpaired) electrons. The predicted molar refractivity (Wildman–Crippen MR) is 137 cm³/mol. The number of aromatic nitrogens is 2. The zero-order chi connectivity index (χ0) is 26.1. The molecule has 0 aromatic carbocycles. The topological polar surface area (TPSA) is 127 Å². The number of hydrogen-bond donors (Lipinski definition) is 2. The van der Waals surface area contributed by atoms with Gasteiger partial charge in [-0.05, 0) is 50.5 Å². The number of hydrogen-bond acceptors (Lipinski definition) is 8. The van der Waals surface area contributed by atoms with E-state index in [0.29, 0.717) is 60.5 Å². The lowest BCUT2D eigenvalue weighted by molar-refractivity contribution is -0.120. The van der Waals surface area contributed by atoms with Crippen molar-refractivity contribution in [2.24, 2.45) is 5.92 Å². The first-order valence-electron chi connectivity index (χ1n) is 11.7. The highest BCUT2D eigenvalue weighted by Crippen LogP contribution is 2.29. The highest BCUT2D eigenvalue weighted by molar-refractivity contribution is 6.30. The smallest absolute Gasteiger partial charge is 0.410 e. The number of anilines is 2. The molecule has 0 aliphatic carbocycles. The molecule has 3 aromatic rings. The largest absolute Gasteiger partial charge is 0.449 e. The van der Waals surface area contributed by atoms with Gasteiger partial charge in [0.15, 0.2) is 17.6 Å². The van der Waals surface area contributed by atoms with Gasteiger partial charge < -0.3 is 24.7 Å². The minimum absolute atomic E-state index is 0.00353. The van der Waals surface area contributed by atoms with E-state index in [1.165, 1.54) is 0 Å². The molecule has 1 aliphatic rings. The number of nitrogens with zero attached hydrogens (tertiary/aromatic N) is 3. The van der Waals surface area contributed by atoms with Crippen LogP contribution in [0.1, 0.15) is 43.7 Å². The number of amides is 2. The zero-order valence-corrected chi connectivity index (χ0v) is 21.2. The van der Waals surface area contributed by atoms with Crippen molar-refractivity contribution in [3.8, 4) is 0 Å². The van der Waals surface area contributed by atoms with Gasteiger partial charge in [-0.3, -0.25) is 14.6 Å². The van der Waals surface area contributed by atoms with Crippen LogP contribution in [0.5, 0.6) is 0 Å². The Morgan fingerprint density at radius 2 is 2.08 bits per heavy atom. The fourth-order valence-corrected chi connectivity index (χ4v) is 3.94. The number of carbonyl (C=O) groups excluding carboxylic acids is 3. The minimum atomic E-state index is -0.299. The molecular formula is C25H30ClN5O5. The SMILES string of the molecule is CC[C@H](CCC(C)N1CCOC1=O)C(=O)Nc1c(C=O)oc2cccnc12.CNc1ccc(Cl)cn1. The Morgan fingerprint density at radius 3 is 2.69 bits per heavy atom. The van der Waals surface area contributed by atoms with E-state index in [0.717, 1.165) is 5.82 Å². The number of ether oxygens (including phenoxy) is 1. The van der Waals surface area contributed by atoms with Gasteiger partial charge in [0.05, 0.1) is 11.6 Å². The number of furan rings is 1. The van der Waals surface area contributed by atoms with Gasteiger partial charge >= 0.3 is 6.09 Å². The summed E-state index contributed by atoms with van der Waals surface area (Å²) in [6, 6.07) is 7.01. The van der Waals surface area contributed by atoms with Crippen molar-refractivity contribution in [2.45, 2.75) is 39.2 Å². The lowest BCUT2D eigenvalue weighted by Crippen LogP contribution is -2.34. The summed E-state index contributed by atoms with van der Waals surface area (Å²) in [5.41, 5.74) is 1.21. The van der Waals surface area contributed by atoms with Gasteiger partial charge in [-0.1, -0.05) is 18.5 Å². The van der Waals surface area contributed by atoms with E-state index in [1.54, 1.807) is 35.5 Å². The fraction of sp³-hybridized carbons (Fsp3) is 0.400. The molecular weight excluding hydrogens is 486 g/mol. The Morgan fingerprint density at radius 1 is 1.28 bits per heavy atom. The zero-order valence-electron chi connectivity index (χ0n) is 20.5. The van der Waals surface area contributed by atoms with Crippen LogP contribution in [-0.4, -0.2) is 59.4 Å². The van der Waals surface area contributed by atoms with Crippen LogP contribution in [-0.2, 0) is 9.53 Å². The molecule has 1 saturated heterocycles. The van der Waals surface area contributed by atoms with Gasteiger partial charge in [-0.15, -0.1) is 0 Å². The van der Waals surface area contributed by atoms with E-state index < -0.39 is 0 Å². The van der Waals surface area contributed by atoms with Crippen molar-refractivity contribution in [2.75, 3.05) is 30.8 Å². The third kappa shape index (κ3) is 6.72. The lowest BCUT2D eigenvalue weighted by Gasteiger charge is -2.23. The molecule has 4 heterocycles. The highest BCUT2D eigenvalue weighted by atomic mass is 35.5. The number of carbonyl (C=O) groups is 3. The average molecular weight is 516 g/mol. The fourth-order valence-electron chi connectivity index (χ4n) is 3.82. The number of cyclic esters (lactones) is 1. The van der Waals surface area contributed by atoms with Crippen molar-refractivity contribution in [1.29, 1.82) is 0 Å². The van der Waals surface area contributed by atoms with Gasteiger partial charge in [0.25, 0.3) is 0 Å². The van der Waals surface area contributed by atoms with Crippen LogP contribution < -0.4 is 10.6 Å². The first kappa shape index (κ1) is 26.9. The van der Waals surface area contributed by atoms with Crippen LogP contribution in [0.4, 0.5) is 16.3 Å². The van der Waals surface area contributed by atoms with Crippen molar-refractivity contribution in [1.82, 2.24) is 14.9 Å². The standard InChI is InChI=1S/C19H23N3O5.C6H7ClN2/c1-3-13(7-6-12(2)22-9-10-26-19(22)25)18(24)21-17-15(11-23)27-14-5-4-8-20-16(14)17;1-8-6-3-2-5(7)4-9-6/h4-5,8,11-13H,3,6-7,9-10H2,1-2H3,(H,21,24);2-4H,1H3,(H,8,9)/t12?,13-;/m1./s1. The molecule has 0 saturated carbocycles. The van der Waals surface area contributed by atoms with E-state index >= 15 is 0 Å². The molecule has 3 aromatic heterocycles. The Labute approximate surface area is 214 Å². The van der Waals surface area contributed by atoms with Gasteiger partial charge in [0, 0.05) is 31.4 Å². The molecule has 2 N–H and O–H groups in total. The van der Waals surface area contributed by atoms with E-state index in [-0.39, 0.29) is 29.7 Å². The Kier molecular flexibility index (Phi) is 9.63. The van der Waals surface area contributed by atoms with E-state index in [1.807, 2.05) is 27.0 Å². The third-order valence-electron chi connectivity index (χ3n) is 5.93. The second-order valence-electron chi connectivity index (χ2n) is 8.25. The Balaban J connectivity index is 0.000000338. The van der Waals surface area contributed by atoms with Crippen molar-refractivity contribution < 1.29 is 23.5 Å². The lowest BCUT2D eigenvalue weighted by atomic mass is 9.96. The Hall–Kier alpha value is -3.66. The van der Waals surface area contributed by atoms with Crippen LogP contribution in [0.3, 0.4) is 0 Å². The predicted octanol–water partition coefficient (Wildman–Crippen LogP) is 5.00. The van der Waals surface area contributed by atoms with Crippen molar-refractivity contribution >= 4 is 52.5 Å². The Bertz CT molecular complexity index is 1180. The first-order chi connectivity index (χ1) is 17.4. The molecule has 2 amide bonds. The summed E-state index contributed by atoms with van der Waals surface area (Å²) in [6.45, 7) is 4.88. The highest BCUT2D eigenvalue weighted by Gasteiger charge is 2.28. The molecule has 0 spiro atoms. The molecule has 1 unspecified atom stereocenters. The summed E-state index contributed by atoms with van der Waals surface area (Å²) in [4.78, 5) is 45.5. The molecule has 10 nitrogen and oxygen atoms in total. The summed E-state index contributed by atoms with van der Waals surface area (Å²) < 4.78 is 10.4. The monoisotopic (exact) mass is 515 g/mol.